The maximum absolute atomic E-state index is 13.2. The third-order valence-corrected chi connectivity index (χ3v) is 7.55. The average Bonchev–Trinajstić information content (AvgIpc) is 3.23. The largest absolute Gasteiger partial charge is 0.496 e. The van der Waals surface area contributed by atoms with E-state index in [0.717, 1.165) is 17.3 Å². The smallest absolute Gasteiger partial charge is 0.268 e. The third kappa shape index (κ3) is 6.38. The number of ether oxygens (including phenoxy) is 1. The number of carbonyl (C=O) groups excluding carboxylic acids is 3. The Hall–Kier alpha value is -3.32. The lowest BCUT2D eigenvalue weighted by Crippen LogP contribution is -2.52. The van der Waals surface area contributed by atoms with E-state index >= 15 is 0 Å². The van der Waals surface area contributed by atoms with Crippen molar-refractivity contribution < 1.29 is 19.1 Å². The molecule has 1 aliphatic heterocycles. The molecule has 0 radical (unpaired) electrons. The van der Waals surface area contributed by atoms with E-state index < -0.39 is 32.0 Å². The standard InChI is InChI=1S/C24H33N5O4Si/c1-33-21-9-5-8-18-17(21)12-19(28-18)23(31)29-20(14-34(2,3)4)24(32)27-16(13-25)11-15-7-6-10-26-22(15)30/h5,8-9,12,15-16,20,28H,6-7,10-11,14H2,1-4H3,(H,26,30)(H,27,32)(H,29,31)/t15-,16-,20-/m0/s1. The number of nitriles is 1. The number of methoxy groups -OCH3 is 1. The van der Waals surface area contributed by atoms with Crippen LogP contribution < -0.4 is 20.7 Å². The summed E-state index contributed by atoms with van der Waals surface area (Å²) in [7, 11) is -0.197. The first kappa shape index (κ1) is 25.3. The fourth-order valence-electron chi connectivity index (χ4n) is 4.25. The van der Waals surface area contributed by atoms with Crippen molar-refractivity contribution in [3.8, 4) is 11.8 Å². The minimum atomic E-state index is -1.76. The predicted octanol–water partition coefficient (Wildman–Crippen LogP) is 2.54. The molecule has 1 aromatic carbocycles. The van der Waals surface area contributed by atoms with Crippen LogP contribution in [0, 0.1) is 17.2 Å². The van der Waals surface area contributed by atoms with Crippen LogP contribution in [0.1, 0.15) is 29.8 Å². The second-order valence-corrected chi connectivity index (χ2v) is 15.5. The first-order valence-corrected chi connectivity index (χ1v) is 15.3. The van der Waals surface area contributed by atoms with Crippen LogP contribution in [0.4, 0.5) is 0 Å². The monoisotopic (exact) mass is 483 g/mol. The second-order valence-electron chi connectivity index (χ2n) is 9.95. The second kappa shape index (κ2) is 10.7. The highest BCUT2D eigenvalue weighted by molar-refractivity contribution is 6.76. The van der Waals surface area contributed by atoms with Crippen molar-refractivity contribution in [3.05, 3.63) is 30.0 Å². The molecule has 1 aromatic heterocycles. The van der Waals surface area contributed by atoms with Crippen molar-refractivity contribution in [1.29, 1.82) is 5.26 Å². The number of H-pyrrole nitrogens is 1. The topological polar surface area (TPSA) is 136 Å². The highest BCUT2D eigenvalue weighted by Gasteiger charge is 2.31. The molecule has 34 heavy (non-hydrogen) atoms. The van der Waals surface area contributed by atoms with Gasteiger partial charge in [-0.25, -0.2) is 0 Å². The van der Waals surface area contributed by atoms with E-state index in [-0.39, 0.29) is 18.2 Å². The summed E-state index contributed by atoms with van der Waals surface area (Å²) in [5, 5.41) is 18.8. The molecule has 4 N–H and O–H groups in total. The number of fused-ring (bicyclic) bond motifs is 1. The Morgan fingerprint density at radius 3 is 2.71 bits per heavy atom. The van der Waals surface area contributed by atoms with Crippen molar-refractivity contribution in [1.82, 2.24) is 20.9 Å². The van der Waals surface area contributed by atoms with Gasteiger partial charge in [-0.05, 0) is 43.5 Å². The summed E-state index contributed by atoms with van der Waals surface area (Å²) in [5.74, 6) is -0.552. The fourth-order valence-corrected chi connectivity index (χ4v) is 5.76. The van der Waals surface area contributed by atoms with E-state index in [9.17, 15) is 19.6 Å². The molecule has 182 valence electrons. The molecular weight excluding hydrogens is 450 g/mol. The van der Waals surface area contributed by atoms with Crippen molar-refractivity contribution in [2.75, 3.05) is 13.7 Å². The van der Waals surface area contributed by atoms with Gasteiger partial charge in [0.05, 0.1) is 13.2 Å². The number of carbonyl (C=O) groups is 3. The van der Waals surface area contributed by atoms with E-state index in [4.69, 9.17) is 4.74 Å². The van der Waals surface area contributed by atoms with Crippen LogP contribution in [0.5, 0.6) is 5.75 Å². The summed E-state index contributed by atoms with van der Waals surface area (Å²) >= 11 is 0. The van der Waals surface area contributed by atoms with Crippen LogP contribution in [-0.2, 0) is 9.59 Å². The lowest BCUT2D eigenvalue weighted by molar-refractivity contribution is -0.128. The maximum atomic E-state index is 13.2. The molecule has 0 aliphatic carbocycles. The first-order valence-electron chi connectivity index (χ1n) is 11.6. The number of aromatic nitrogens is 1. The van der Waals surface area contributed by atoms with Crippen LogP contribution >= 0.6 is 0 Å². The van der Waals surface area contributed by atoms with Gasteiger partial charge < -0.3 is 25.7 Å². The van der Waals surface area contributed by atoms with Gasteiger partial charge in [-0.15, -0.1) is 0 Å². The van der Waals surface area contributed by atoms with Crippen LogP contribution in [0.2, 0.25) is 25.7 Å². The van der Waals surface area contributed by atoms with Gasteiger partial charge in [0.1, 0.15) is 23.5 Å². The van der Waals surface area contributed by atoms with E-state index in [1.165, 1.54) is 0 Å². The summed E-state index contributed by atoms with van der Waals surface area (Å²) in [6, 6.07) is 8.21. The average molecular weight is 484 g/mol. The number of amides is 3. The predicted molar refractivity (Wildman–Crippen MR) is 132 cm³/mol. The fraction of sp³-hybridized carbons (Fsp3) is 0.500. The highest BCUT2D eigenvalue weighted by atomic mass is 28.3. The number of nitrogens with zero attached hydrogens (tertiary/aromatic N) is 1. The van der Waals surface area contributed by atoms with Gasteiger partial charge in [0, 0.05) is 31.4 Å². The van der Waals surface area contributed by atoms with Crippen LogP contribution in [-0.4, -0.2) is 56.5 Å². The van der Waals surface area contributed by atoms with Gasteiger partial charge in [-0.3, -0.25) is 14.4 Å². The Balaban J connectivity index is 1.74. The molecule has 0 unspecified atom stereocenters. The summed E-state index contributed by atoms with van der Waals surface area (Å²) in [5.41, 5.74) is 1.08. The van der Waals surface area contributed by atoms with Crippen LogP contribution in [0.3, 0.4) is 0 Å². The summed E-state index contributed by atoms with van der Waals surface area (Å²) in [6.45, 7) is 6.98. The van der Waals surface area contributed by atoms with Gasteiger partial charge in [0.25, 0.3) is 5.91 Å². The van der Waals surface area contributed by atoms with Gasteiger partial charge >= 0.3 is 0 Å². The van der Waals surface area contributed by atoms with Gasteiger partial charge in [0.15, 0.2) is 0 Å². The van der Waals surface area contributed by atoms with E-state index in [0.29, 0.717) is 30.5 Å². The Labute approximate surface area is 200 Å². The Kier molecular flexibility index (Phi) is 7.99. The van der Waals surface area contributed by atoms with Gasteiger partial charge in [0.2, 0.25) is 11.8 Å². The molecule has 3 rings (SSSR count). The lowest BCUT2D eigenvalue weighted by atomic mass is 9.92. The molecule has 0 bridgehead atoms. The zero-order chi connectivity index (χ0) is 24.9. The van der Waals surface area contributed by atoms with Crippen molar-refractivity contribution >= 4 is 36.7 Å². The molecule has 1 aliphatic rings. The van der Waals surface area contributed by atoms with Crippen molar-refractivity contribution in [2.24, 2.45) is 5.92 Å². The molecule has 2 heterocycles. The molecular formula is C24H33N5O4Si. The molecule has 0 saturated carbocycles. The van der Waals surface area contributed by atoms with Crippen LogP contribution in [0.15, 0.2) is 24.3 Å². The Morgan fingerprint density at radius 2 is 2.06 bits per heavy atom. The number of piperidine rings is 1. The third-order valence-electron chi connectivity index (χ3n) is 5.92. The quantitative estimate of drug-likeness (QED) is 0.406. The van der Waals surface area contributed by atoms with Crippen LogP contribution in [0.25, 0.3) is 10.9 Å². The Bertz CT molecular complexity index is 1100. The molecule has 3 amide bonds. The molecule has 3 atom stereocenters. The van der Waals surface area contributed by atoms with E-state index in [1.54, 1.807) is 13.2 Å². The van der Waals surface area contributed by atoms with Crippen molar-refractivity contribution in [3.63, 3.8) is 0 Å². The zero-order valence-electron chi connectivity index (χ0n) is 20.2. The van der Waals surface area contributed by atoms with Crippen molar-refractivity contribution in [2.45, 2.75) is 57.0 Å². The molecule has 10 heteroatoms. The van der Waals surface area contributed by atoms with Gasteiger partial charge in [-0.2, -0.15) is 5.26 Å². The number of nitrogens with one attached hydrogen (secondary N) is 4. The van der Waals surface area contributed by atoms with E-state index in [1.807, 2.05) is 18.2 Å². The summed E-state index contributed by atoms with van der Waals surface area (Å²) in [6.07, 6.45) is 1.80. The first-order chi connectivity index (χ1) is 16.1. The number of hydrogen-bond acceptors (Lipinski definition) is 5. The highest BCUT2D eigenvalue weighted by Crippen LogP contribution is 2.26. The SMILES string of the molecule is COc1cccc2[nH]c(C(=O)N[C@@H](C[Si](C)(C)C)C(=O)N[C@H](C#N)C[C@@H]3CCCNC3=O)cc12. The number of rotatable bonds is 9. The Morgan fingerprint density at radius 1 is 1.29 bits per heavy atom. The van der Waals surface area contributed by atoms with Gasteiger partial charge in [-0.1, -0.05) is 25.7 Å². The zero-order valence-corrected chi connectivity index (χ0v) is 21.2. The summed E-state index contributed by atoms with van der Waals surface area (Å²) in [4.78, 5) is 41.4. The number of benzene rings is 1. The normalized spacial score (nSPS) is 17.9. The molecule has 2 aromatic rings. The molecule has 9 nitrogen and oxygen atoms in total. The lowest BCUT2D eigenvalue weighted by Gasteiger charge is -2.27. The maximum Gasteiger partial charge on any atom is 0.268 e. The molecule has 1 saturated heterocycles. The van der Waals surface area contributed by atoms with E-state index in [2.05, 4.69) is 46.6 Å². The minimum Gasteiger partial charge on any atom is -0.496 e. The number of aromatic amines is 1. The number of hydrogen-bond donors (Lipinski definition) is 4. The molecule has 1 fully saturated rings. The summed E-state index contributed by atoms with van der Waals surface area (Å²) < 4.78 is 5.36. The minimum absolute atomic E-state index is 0.0815. The molecule has 0 spiro atoms.